The molecule has 2 rings (SSSR count). The molecule has 1 aliphatic carbocycles. The van der Waals surface area contributed by atoms with Gasteiger partial charge in [-0.3, -0.25) is 0 Å². The second-order valence-electron chi connectivity index (χ2n) is 4.76. The fourth-order valence-electron chi connectivity index (χ4n) is 1.87. The molecule has 0 atom stereocenters. The van der Waals surface area contributed by atoms with E-state index in [9.17, 15) is 13.2 Å². The lowest BCUT2D eigenvalue weighted by molar-refractivity contribution is -0.151. The Bertz CT molecular complexity index is 455. The summed E-state index contributed by atoms with van der Waals surface area (Å²) in [6.07, 6.45) is -2.57. The zero-order valence-electron chi connectivity index (χ0n) is 10.9. The second-order valence-corrected chi connectivity index (χ2v) is 4.76. The van der Waals surface area contributed by atoms with Crippen LogP contribution in [0, 0.1) is 0 Å². The number of nitrogens with zero attached hydrogens (tertiary/aromatic N) is 2. The minimum atomic E-state index is -4.25. The first kappa shape index (κ1) is 13.9. The SMILES string of the molecule is CCCc1nc(NC)cc(NC2(C(F)(F)F)CC2)n1. The maximum atomic E-state index is 12.9. The Kier molecular flexibility index (Phi) is 3.56. The van der Waals surface area contributed by atoms with Gasteiger partial charge in [0.15, 0.2) is 0 Å². The summed E-state index contributed by atoms with van der Waals surface area (Å²) in [6, 6.07) is 1.50. The maximum Gasteiger partial charge on any atom is 0.411 e. The number of rotatable bonds is 5. The second kappa shape index (κ2) is 4.86. The average molecular weight is 274 g/mol. The smallest absolute Gasteiger partial charge is 0.373 e. The third-order valence-electron chi connectivity index (χ3n) is 3.16. The predicted octanol–water partition coefficient (Wildman–Crippen LogP) is 2.98. The van der Waals surface area contributed by atoms with E-state index in [1.165, 1.54) is 6.07 Å². The summed E-state index contributed by atoms with van der Waals surface area (Å²) in [4.78, 5) is 8.36. The van der Waals surface area contributed by atoms with Gasteiger partial charge in [-0.1, -0.05) is 6.92 Å². The van der Waals surface area contributed by atoms with Crippen LogP contribution in [0.2, 0.25) is 0 Å². The summed E-state index contributed by atoms with van der Waals surface area (Å²) in [6.45, 7) is 1.97. The number of hydrogen-bond acceptors (Lipinski definition) is 4. The Hall–Kier alpha value is -1.53. The largest absolute Gasteiger partial charge is 0.411 e. The van der Waals surface area contributed by atoms with Crippen molar-refractivity contribution in [3.05, 3.63) is 11.9 Å². The Morgan fingerprint density at radius 3 is 2.37 bits per heavy atom. The first-order chi connectivity index (χ1) is 8.90. The van der Waals surface area contributed by atoms with Gasteiger partial charge in [-0.05, 0) is 19.3 Å². The molecule has 1 aliphatic rings. The van der Waals surface area contributed by atoms with Crippen LogP contribution in [-0.4, -0.2) is 28.7 Å². The third kappa shape index (κ3) is 2.90. The van der Waals surface area contributed by atoms with E-state index >= 15 is 0 Å². The van der Waals surface area contributed by atoms with Crippen molar-refractivity contribution in [1.82, 2.24) is 9.97 Å². The lowest BCUT2D eigenvalue weighted by atomic mass is 10.2. The molecule has 4 nitrogen and oxygen atoms in total. The standard InChI is InChI=1S/C12H17F3N4/c1-3-4-8-17-9(16-2)7-10(18-8)19-11(5-6-11)12(13,14)15/h7H,3-6H2,1-2H3,(H2,16,17,18,19). The fraction of sp³-hybridized carbons (Fsp3) is 0.667. The molecule has 0 bridgehead atoms. The number of aryl methyl sites for hydroxylation is 1. The fourth-order valence-corrected chi connectivity index (χ4v) is 1.87. The summed E-state index contributed by atoms with van der Waals surface area (Å²) in [5.74, 6) is 1.31. The van der Waals surface area contributed by atoms with E-state index in [-0.39, 0.29) is 18.7 Å². The van der Waals surface area contributed by atoms with Gasteiger partial charge in [0.05, 0.1) is 0 Å². The van der Waals surface area contributed by atoms with Gasteiger partial charge < -0.3 is 10.6 Å². The Balaban J connectivity index is 2.22. The molecule has 0 amide bonds. The highest BCUT2D eigenvalue weighted by molar-refractivity contribution is 5.50. The zero-order chi connectivity index (χ0) is 14.1. The number of aromatic nitrogens is 2. The maximum absolute atomic E-state index is 12.9. The van der Waals surface area contributed by atoms with Crippen molar-refractivity contribution in [3.63, 3.8) is 0 Å². The number of hydrogen-bond donors (Lipinski definition) is 2. The van der Waals surface area contributed by atoms with Gasteiger partial charge >= 0.3 is 6.18 Å². The van der Waals surface area contributed by atoms with Crippen LogP contribution in [-0.2, 0) is 6.42 Å². The molecule has 1 fully saturated rings. The molecule has 1 saturated carbocycles. The van der Waals surface area contributed by atoms with Crippen LogP contribution < -0.4 is 10.6 Å². The van der Waals surface area contributed by atoms with E-state index in [0.29, 0.717) is 18.1 Å². The van der Waals surface area contributed by atoms with Gasteiger partial charge in [0.2, 0.25) is 0 Å². The van der Waals surface area contributed by atoms with E-state index in [1.54, 1.807) is 7.05 Å². The van der Waals surface area contributed by atoms with Crippen molar-refractivity contribution < 1.29 is 13.2 Å². The van der Waals surface area contributed by atoms with Crippen LogP contribution in [0.3, 0.4) is 0 Å². The van der Waals surface area contributed by atoms with E-state index in [4.69, 9.17) is 0 Å². The first-order valence-corrected chi connectivity index (χ1v) is 6.31. The molecule has 7 heteroatoms. The molecule has 0 spiro atoms. The van der Waals surface area contributed by atoms with Crippen LogP contribution >= 0.6 is 0 Å². The number of halogens is 3. The Morgan fingerprint density at radius 2 is 1.89 bits per heavy atom. The highest BCUT2D eigenvalue weighted by atomic mass is 19.4. The lowest BCUT2D eigenvalue weighted by Crippen LogP contribution is -2.39. The zero-order valence-corrected chi connectivity index (χ0v) is 10.9. The van der Waals surface area contributed by atoms with Gasteiger partial charge in [-0.25, -0.2) is 9.97 Å². The number of anilines is 2. The lowest BCUT2D eigenvalue weighted by Gasteiger charge is -2.21. The number of alkyl halides is 3. The topological polar surface area (TPSA) is 49.8 Å². The van der Waals surface area contributed by atoms with Crippen molar-refractivity contribution >= 4 is 11.6 Å². The van der Waals surface area contributed by atoms with Crippen molar-refractivity contribution in [3.8, 4) is 0 Å². The molecular formula is C12H17F3N4. The highest BCUT2D eigenvalue weighted by Gasteiger charge is 2.63. The molecule has 0 saturated heterocycles. The van der Waals surface area contributed by atoms with E-state index in [0.717, 1.165) is 6.42 Å². The molecule has 0 aromatic carbocycles. The van der Waals surface area contributed by atoms with Crippen molar-refractivity contribution in [2.75, 3.05) is 17.7 Å². The molecule has 2 N–H and O–H groups in total. The summed E-state index contributed by atoms with van der Waals surface area (Å²) in [5.41, 5.74) is -1.80. The van der Waals surface area contributed by atoms with E-state index in [1.807, 2.05) is 6.92 Å². The molecule has 1 aromatic heterocycles. The molecule has 0 aliphatic heterocycles. The van der Waals surface area contributed by atoms with Crippen LogP contribution in [0.25, 0.3) is 0 Å². The van der Waals surface area contributed by atoms with Gasteiger partial charge in [0.1, 0.15) is 23.0 Å². The van der Waals surface area contributed by atoms with E-state index < -0.39 is 11.7 Å². The molecule has 1 heterocycles. The molecule has 1 aromatic rings. The number of nitrogens with one attached hydrogen (secondary N) is 2. The van der Waals surface area contributed by atoms with Crippen LogP contribution in [0.1, 0.15) is 32.0 Å². The average Bonchev–Trinajstić information content (AvgIpc) is 3.09. The normalized spacial score (nSPS) is 17.1. The Morgan fingerprint density at radius 1 is 1.26 bits per heavy atom. The van der Waals surface area contributed by atoms with Crippen LogP contribution in [0.15, 0.2) is 6.07 Å². The first-order valence-electron chi connectivity index (χ1n) is 6.31. The summed E-state index contributed by atoms with van der Waals surface area (Å²) < 4.78 is 38.7. The van der Waals surface area contributed by atoms with Crippen molar-refractivity contribution in [2.45, 2.75) is 44.3 Å². The molecule has 106 valence electrons. The van der Waals surface area contributed by atoms with Crippen LogP contribution in [0.4, 0.5) is 24.8 Å². The van der Waals surface area contributed by atoms with E-state index in [2.05, 4.69) is 20.6 Å². The quantitative estimate of drug-likeness (QED) is 0.866. The van der Waals surface area contributed by atoms with Crippen LogP contribution in [0.5, 0.6) is 0 Å². The summed E-state index contributed by atoms with van der Waals surface area (Å²) >= 11 is 0. The van der Waals surface area contributed by atoms with Crippen molar-refractivity contribution in [2.24, 2.45) is 0 Å². The molecule has 0 unspecified atom stereocenters. The Labute approximate surface area is 109 Å². The van der Waals surface area contributed by atoms with Gasteiger partial charge in [-0.15, -0.1) is 0 Å². The van der Waals surface area contributed by atoms with Gasteiger partial charge in [-0.2, -0.15) is 13.2 Å². The summed E-state index contributed by atoms with van der Waals surface area (Å²) in [5, 5.41) is 5.37. The highest BCUT2D eigenvalue weighted by Crippen LogP contribution is 2.51. The monoisotopic (exact) mass is 274 g/mol. The molecule has 19 heavy (non-hydrogen) atoms. The molecular weight excluding hydrogens is 257 g/mol. The van der Waals surface area contributed by atoms with Crippen molar-refractivity contribution in [1.29, 1.82) is 0 Å². The van der Waals surface area contributed by atoms with Gasteiger partial charge in [0, 0.05) is 19.5 Å². The minimum Gasteiger partial charge on any atom is -0.373 e. The minimum absolute atomic E-state index is 0.0957. The van der Waals surface area contributed by atoms with Gasteiger partial charge in [0.25, 0.3) is 0 Å². The predicted molar refractivity (Wildman–Crippen MR) is 67.2 cm³/mol. The third-order valence-corrected chi connectivity index (χ3v) is 3.16. The molecule has 0 radical (unpaired) electrons. The summed E-state index contributed by atoms with van der Waals surface area (Å²) in [7, 11) is 1.68.